The van der Waals surface area contributed by atoms with E-state index in [1.807, 2.05) is 0 Å². The van der Waals surface area contributed by atoms with Crippen molar-refractivity contribution < 1.29 is 4.74 Å². The highest BCUT2D eigenvalue weighted by Gasteiger charge is 2.34. The fourth-order valence-corrected chi connectivity index (χ4v) is 3.59. The molecule has 1 aliphatic heterocycles. The van der Waals surface area contributed by atoms with Gasteiger partial charge in [0.25, 0.3) is 0 Å². The van der Waals surface area contributed by atoms with Crippen molar-refractivity contribution in [1.29, 1.82) is 0 Å². The lowest BCUT2D eigenvalue weighted by Crippen LogP contribution is -2.20. The molecule has 1 saturated heterocycles. The summed E-state index contributed by atoms with van der Waals surface area (Å²) >= 11 is 6.82. The third kappa shape index (κ3) is 3.14. The van der Waals surface area contributed by atoms with Crippen molar-refractivity contribution in [1.82, 2.24) is 0 Å². The molecular formula is C17H25ClO. The number of rotatable bonds is 5. The highest BCUT2D eigenvalue weighted by molar-refractivity contribution is 6.21. The summed E-state index contributed by atoms with van der Waals surface area (Å²) in [6, 6.07) is 6.79. The van der Waals surface area contributed by atoms with E-state index in [2.05, 4.69) is 39.0 Å². The Morgan fingerprint density at radius 2 is 2.05 bits per heavy atom. The molecule has 1 heterocycles. The second-order valence-corrected chi connectivity index (χ2v) is 5.88. The molecule has 0 aliphatic carbocycles. The lowest BCUT2D eigenvalue weighted by atomic mass is 9.87. The average Bonchev–Trinajstić information content (AvgIpc) is 2.94. The van der Waals surface area contributed by atoms with E-state index >= 15 is 0 Å². The van der Waals surface area contributed by atoms with Gasteiger partial charge in [-0.25, -0.2) is 0 Å². The van der Waals surface area contributed by atoms with E-state index in [-0.39, 0.29) is 5.38 Å². The first kappa shape index (κ1) is 14.9. The maximum Gasteiger partial charge on any atom is 0.0641 e. The molecule has 1 fully saturated rings. The van der Waals surface area contributed by atoms with E-state index in [0.717, 1.165) is 32.3 Å². The zero-order valence-electron chi connectivity index (χ0n) is 12.3. The smallest absolute Gasteiger partial charge is 0.0641 e. The van der Waals surface area contributed by atoms with Crippen molar-refractivity contribution in [3.8, 4) is 0 Å². The fourth-order valence-electron chi connectivity index (χ4n) is 3.09. The summed E-state index contributed by atoms with van der Waals surface area (Å²) in [5.74, 6) is 0.462. The summed E-state index contributed by atoms with van der Waals surface area (Å²) in [6.45, 7) is 7.45. The number of benzene rings is 1. The maximum atomic E-state index is 6.82. The van der Waals surface area contributed by atoms with Gasteiger partial charge in [-0.1, -0.05) is 39.0 Å². The van der Waals surface area contributed by atoms with Gasteiger partial charge in [0.1, 0.15) is 0 Å². The quantitative estimate of drug-likeness (QED) is 0.697. The molecule has 0 radical (unpaired) electrons. The topological polar surface area (TPSA) is 9.23 Å². The summed E-state index contributed by atoms with van der Waals surface area (Å²) in [5.41, 5.74) is 4.10. The molecule has 1 nitrogen and oxygen atoms in total. The van der Waals surface area contributed by atoms with Crippen LogP contribution >= 0.6 is 11.6 Å². The van der Waals surface area contributed by atoms with Crippen LogP contribution in [0.15, 0.2) is 18.2 Å². The molecule has 0 bridgehead atoms. The van der Waals surface area contributed by atoms with Gasteiger partial charge in [-0.15, -0.1) is 11.6 Å². The van der Waals surface area contributed by atoms with Gasteiger partial charge >= 0.3 is 0 Å². The zero-order valence-corrected chi connectivity index (χ0v) is 13.0. The molecule has 0 N–H and O–H groups in total. The van der Waals surface area contributed by atoms with E-state index in [0.29, 0.717) is 12.0 Å². The van der Waals surface area contributed by atoms with Crippen molar-refractivity contribution in [2.24, 2.45) is 5.92 Å². The molecule has 3 atom stereocenters. The Morgan fingerprint density at radius 1 is 1.26 bits per heavy atom. The summed E-state index contributed by atoms with van der Waals surface area (Å²) in [7, 11) is 0. The Balaban J connectivity index is 2.28. The lowest BCUT2D eigenvalue weighted by molar-refractivity contribution is 0.0864. The number of hydrogen-bond donors (Lipinski definition) is 0. The Hall–Kier alpha value is -0.530. The van der Waals surface area contributed by atoms with Crippen LogP contribution in [0.3, 0.4) is 0 Å². The van der Waals surface area contributed by atoms with E-state index in [9.17, 15) is 0 Å². The summed E-state index contributed by atoms with van der Waals surface area (Å²) < 4.78 is 5.80. The van der Waals surface area contributed by atoms with Gasteiger partial charge < -0.3 is 4.74 Å². The molecule has 0 amide bonds. The molecule has 1 aliphatic rings. The van der Waals surface area contributed by atoms with Gasteiger partial charge in [-0.2, -0.15) is 0 Å². The largest absolute Gasteiger partial charge is 0.378 e. The molecule has 3 unspecified atom stereocenters. The number of alkyl halides is 1. The van der Waals surface area contributed by atoms with Gasteiger partial charge in [0.15, 0.2) is 0 Å². The van der Waals surface area contributed by atoms with E-state index in [4.69, 9.17) is 16.3 Å². The van der Waals surface area contributed by atoms with Gasteiger partial charge in [-0.05, 0) is 42.4 Å². The van der Waals surface area contributed by atoms with Crippen molar-refractivity contribution in [2.45, 2.75) is 57.9 Å². The summed E-state index contributed by atoms with van der Waals surface area (Å²) in [4.78, 5) is 0. The van der Waals surface area contributed by atoms with E-state index < -0.39 is 0 Å². The number of aryl methyl sites for hydroxylation is 2. The van der Waals surface area contributed by atoms with Crippen LogP contribution in [-0.4, -0.2) is 12.7 Å². The highest BCUT2D eigenvalue weighted by Crippen LogP contribution is 2.40. The van der Waals surface area contributed by atoms with Crippen LogP contribution in [0.1, 0.15) is 55.7 Å². The number of hydrogen-bond acceptors (Lipinski definition) is 1. The van der Waals surface area contributed by atoms with Crippen molar-refractivity contribution in [2.75, 3.05) is 6.61 Å². The molecule has 0 saturated carbocycles. The minimum Gasteiger partial charge on any atom is -0.378 e. The predicted octanol–water partition coefficient (Wildman–Crippen LogP) is 4.91. The first-order valence-electron chi connectivity index (χ1n) is 7.58. The average molecular weight is 281 g/mol. The number of halogens is 1. The molecule has 1 aromatic rings. The second-order valence-electron chi connectivity index (χ2n) is 5.41. The fraction of sp³-hybridized carbons (Fsp3) is 0.647. The first-order valence-corrected chi connectivity index (χ1v) is 8.02. The van der Waals surface area contributed by atoms with Crippen molar-refractivity contribution in [3.05, 3.63) is 34.9 Å². The zero-order chi connectivity index (χ0) is 13.8. The second kappa shape index (κ2) is 6.76. The SMILES string of the molecule is CCc1ccc(CC)c(C(Cl)C2CCOC2CC)c1. The minimum atomic E-state index is 0.0916. The van der Waals surface area contributed by atoms with Crippen LogP contribution < -0.4 is 0 Å². The first-order chi connectivity index (χ1) is 9.21. The summed E-state index contributed by atoms with van der Waals surface area (Å²) in [5, 5.41) is 0.0916. The highest BCUT2D eigenvalue weighted by atomic mass is 35.5. The van der Waals surface area contributed by atoms with Gasteiger partial charge in [0.2, 0.25) is 0 Å². The molecule has 106 valence electrons. The monoisotopic (exact) mass is 280 g/mol. The molecular weight excluding hydrogens is 256 g/mol. The van der Waals surface area contributed by atoms with Gasteiger partial charge in [0, 0.05) is 12.5 Å². The minimum absolute atomic E-state index is 0.0916. The van der Waals surface area contributed by atoms with Crippen LogP contribution in [0.4, 0.5) is 0 Å². The van der Waals surface area contributed by atoms with Gasteiger partial charge in [-0.3, -0.25) is 0 Å². The Kier molecular flexibility index (Phi) is 5.29. The lowest BCUT2D eigenvalue weighted by Gasteiger charge is -2.24. The van der Waals surface area contributed by atoms with Crippen LogP contribution in [0.25, 0.3) is 0 Å². The Bertz CT molecular complexity index is 416. The maximum absolute atomic E-state index is 6.82. The molecule has 2 rings (SSSR count). The molecule has 1 aromatic carbocycles. The number of ether oxygens (including phenoxy) is 1. The standard InChI is InChI=1S/C17H25ClO/c1-4-12-7-8-13(5-2)15(11-12)17(18)14-9-10-19-16(14)6-3/h7-8,11,14,16-17H,4-6,9-10H2,1-3H3. The third-order valence-electron chi connectivity index (χ3n) is 4.34. The molecule has 0 spiro atoms. The van der Waals surface area contributed by atoms with Crippen LogP contribution in [0.5, 0.6) is 0 Å². The predicted molar refractivity (Wildman–Crippen MR) is 81.9 cm³/mol. The normalized spacial score (nSPS) is 24.6. The van der Waals surface area contributed by atoms with Crippen LogP contribution in [0, 0.1) is 5.92 Å². The van der Waals surface area contributed by atoms with Crippen LogP contribution in [-0.2, 0) is 17.6 Å². The van der Waals surface area contributed by atoms with Crippen LogP contribution in [0.2, 0.25) is 0 Å². The summed E-state index contributed by atoms with van der Waals surface area (Å²) in [6.07, 6.45) is 4.60. The van der Waals surface area contributed by atoms with Crippen molar-refractivity contribution >= 4 is 11.6 Å². The molecule has 2 heteroatoms. The third-order valence-corrected chi connectivity index (χ3v) is 4.89. The van der Waals surface area contributed by atoms with E-state index in [1.165, 1.54) is 16.7 Å². The van der Waals surface area contributed by atoms with E-state index in [1.54, 1.807) is 0 Å². The van der Waals surface area contributed by atoms with Gasteiger partial charge in [0.05, 0.1) is 11.5 Å². The Labute approximate surface area is 122 Å². The van der Waals surface area contributed by atoms with Crippen molar-refractivity contribution in [3.63, 3.8) is 0 Å². The molecule has 0 aromatic heterocycles. The Morgan fingerprint density at radius 3 is 2.68 bits per heavy atom. The molecule has 19 heavy (non-hydrogen) atoms.